The second-order valence-electron chi connectivity index (χ2n) is 4.81. The summed E-state index contributed by atoms with van der Waals surface area (Å²) < 4.78 is 6.90. The molecule has 110 valence electrons. The van der Waals surface area contributed by atoms with Gasteiger partial charge in [-0.3, -0.25) is 9.48 Å². The van der Waals surface area contributed by atoms with Crippen molar-refractivity contribution in [2.75, 3.05) is 19.7 Å². The molecule has 1 unspecified atom stereocenters. The van der Waals surface area contributed by atoms with E-state index in [2.05, 4.69) is 5.10 Å². The van der Waals surface area contributed by atoms with E-state index in [0.717, 1.165) is 5.69 Å². The zero-order valence-corrected chi connectivity index (χ0v) is 11.9. The number of hydrogen-bond donors (Lipinski definition) is 1. The van der Waals surface area contributed by atoms with Gasteiger partial charge in [-0.15, -0.1) is 0 Å². The molecule has 1 aromatic rings. The Morgan fingerprint density at radius 2 is 2.15 bits per heavy atom. The maximum atomic E-state index is 12.6. The lowest BCUT2D eigenvalue weighted by Gasteiger charge is -2.31. The van der Waals surface area contributed by atoms with Crippen molar-refractivity contribution >= 4 is 11.9 Å². The molecule has 1 aliphatic rings. The van der Waals surface area contributed by atoms with Crippen LogP contribution in [0.3, 0.4) is 0 Å². The molecule has 0 aromatic carbocycles. The van der Waals surface area contributed by atoms with Gasteiger partial charge >= 0.3 is 5.97 Å². The van der Waals surface area contributed by atoms with Gasteiger partial charge in [0.1, 0.15) is 0 Å². The van der Waals surface area contributed by atoms with Crippen molar-refractivity contribution in [2.45, 2.75) is 33.4 Å². The van der Waals surface area contributed by atoms with E-state index in [-0.39, 0.29) is 19.1 Å². The highest BCUT2D eigenvalue weighted by Crippen LogP contribution is 2.17. The molecule has 1 aromatic heterocycles. The van der Waals surface area contributed by atoms with Crippen molar-refractivity contribution in [3.63, 3.8) is 0 Å². The van der Waals surface area contributed by atoms with Crippen LogP contribution >= 0.6 is 0 Å². The van der Waals surface area contributed by atoms with Gasteiger partial charge in [-0.1, -0.05) is 0 Å². The number of carboxylic acid groups (broad SMARTS) is 1. The van der Waals surface area contributed by atoms with Gasteiger partial charge < -0.3 is 14.7 Å². The molecule has 0 radical (unpaired) electrons. The van der Waals surface area contributed by atoms with Gasteiger partial charge in [-0.25, -0.2) is 4.79 Å². The number of ether oxygens (including phenoxy) is 1. The molecule has 1 amide bonds. The average molecular weight is 281 g/mol. The molecule has 0 aliphatic carbocycles. The first-order chi connectivity index (χ1) is 9.45. The molecule has 7 nitrogen and oxygen atoms in total. The Bertz CT molecular complexity index is 538. The maximum Gasteiger partial charge on any atom is 0.334 e. The van der Waals surface area contributed by atoms with Crippen molar-refractivity contribution in [1.82, 2.24) is 14.7 Å². The number of rotatable bonds is 3. The summed E-state index contributed by atoms with van der Waals surface area (Å²) >= 11 is 0. The fourth-order valence-electron chi connectivity index (χ4n) is 2.46. The summed E-state index contributed by atoms with van der Waals surface area (Å²) in [7, 11) is 0. The predicted molar refractivity (Wildman–Crippen MR) is 70.7 cm³/mol. The van der Waals surface area contributed by atoms with Gasteiger partial charge in [0, 0.05) is 18.8 Å². The third-order valence-electron chi connectivity index (χ3n) is 3.52. The average Bonchev–Trinajstić information content (AvgIpc) is 2.72. The second kappa shape index (κ2) is 5.62. The van der Waals surface area contributed by atoms with Crippen LogP contribution in [0.25, 0.3) is 0 Å². The number of carbonyl (C=O) groups excluding carboxylic acids is 1. The van der Waals surface area contributed by atoms with Gasteiger partial charge in [0.05, 0.1) is 24.4 Å². The lowest BCUT2D eigenvalue weighted by molar-refractivity contribution is -0.154. The molecule has 0 saturated carbocycles. The van der Waals surface area contributed by atoms with E-state index in [1.54, 1.807) is 11.6 Å². The standard InChI is InChI=1S/C13H19N3O4/c1-4-16-9(3)11(8(2)14-16)12(17)15-5-6-20-10(7-15)13(18)19/h10H,4-7H2,1-3H3,(H,18,19). The van der Waals surface area contributed by atoms with Crippen LogP contribution in [0.4, 0.5) is 0 Å². The van der Waals surface area contributed by atoms with Crippen molar-refractivity contribution in [3.8, 4) is 0 Å². The van der Waals surface area contributed by atoms with E-state index < -0.39 is 12.1 Å². The molecular formula is C13H19N3O4. The van der Waals surface area contributed by atoms with E-state index in [1.807, 2.05) is 13.8 Å². The topological polar surface area (TPSA) is 84.7 Å². The quantitative estimate of drug-likeness (QED) is 0.869. The Labute approximate surface area is 117 Å². The molecule has 2 heterocycles. The van der Waals surface area contributed by atoms with Crippen LogP contribution < -0.4 is 0 Å². The summed E-state index contributed by atoms with van der Waals surface area (Å²) in [5, 5.41) is 13.3. The summed E-state index contributed by atoms with van der Waals surface area (Å²) in [4.78, 5) is 25.1. The Hall–Kier alpha value is -1.89. The molecule has 2 rings (SSSR count). The number of aromatic nitrogens is 2. The SMILES string of the molecule is CCn1nc(C)c(C(=O)N2CCOC(C(=O)O)C2)c1C. The van der Waals surface area contributed by atoms with Crippen LogP contribution in [0.5, 0.6) is 0 Å². The lowest BCUT2D eigenvalue weighted by Crippen LogP contribution is -2.48. The molecule has 1 saturated heterocycles. The molecular weight excluding hydrogens is 262 g/mol. The Morgan fingerprint density at radius 1 is 1.45 bits per heavy atom. The smallest absolute Gasteiger partial charge is 0.334 e. The second-order valence-corrected chi connectivity index (χ2v) is 4.81. The zero-order chi connectivity index (χ0) is 14.9. The summed E-state index contributed by atoms with van der Waals surface area (Å²) in [6.45, 7) is 7.02. The molecule has 1 N–H and O–H groups in total. The van der Waals surface area contributed by atoms with Gasteiger partial charge in [0.15, 0.2) is 6.10 Å². The Kier molecular flexibility index (Phi) is 4.08. The molecule has 1 fully saturated rings. The number of carbonyl (C=O) groups is 2. The van der Waals surface area contributed by atoms with E-state index in [0.29, 0.717) is 24.3 Å². The van der Waals surface area contributed by atoms with Crippen LogP contribution in [0.2, 0.25) is 0 Å². The first-order valence-corrected chi connectivity index (χ1v) is 6.63. The van der Waals surface area contributed by atoms with E-state index in [1.165, 1.54) is 4.90 Å². The summed E-state index contributed by atoms with van der Waals surface area (Å²) in [6, 6.07) is 0. The maximum absolute atomic E-state index is 12.6. The first-order valence-electron chi connectivity index (χ1n) is 6.63. The van der Waals surface area contributed by atoms with Crippen LogP contribution in [0.15, 0.2) is 0 Å². The van der Waals surface area contributed by atoms with Crippen molar-refractivity contribution in [2.24, 2.45) is 0 Å². The highest BCUT2D eigenvalue weighted by atomic mass is 16.5. The number of hydrogen-bond acceptors (Lipinski definition) is 4. The molecule has 1 aliphatic heterocycles. The number of amides is 1. The van der Waals surface area contributed by atoms with Crippen LogP contribution in [-0.4, -0.2) is 57.5 Å². The van der Waals surface area contributed by atoms with E-state index in [4.69, 9.17) is 9.84 Å². The molecule has 20 heavy (non-hydrogen) atoms. The lowest BCUT2D eigenvalue weighted by atomic mass is 10.1. The zero-order valence-electron chi connectivity index (χ0n) is 11.9. The largest absolute Gasteiger partial charge is 0.479 e. The van der Waals surface area contributed by atoms with Crippen LogP contribution in [0.1, 0.15) is 28.7 Å². The van der Waals surface area contributed by atoms with Gasteiger partial charge in [0.25, 0.3) is 5.91 Å². The van der Waals surface area contributed by atoms with Gasteiger partial charge in [0.2, 0.25) is 0 Å². The molecule has 7 heteroatoms. The summed E-state index contributed by atoms with van der Waals surface area (Å²) in [5.41, 5.74) is 2.05. The predicted octanol–water partition coefficient (Wildman–Crippen LogP) is 0.445. The third-order valence-corrected chi connectivity index (χ3v) is 3.52. The van der Waals surface area contributed by atoms with Crippen molar-refractivity contribution in [1.29, 1.82) is 0 Å². The fourth-order valence-corrected chi connectivity index (χ4v) is 2.46. The third kappa shape index (κ3) is 2.53. The van der Waals surface area contributed by atoms with Crippen molar-refractivity contribution in [3.05, 3.63) is 17.0 Å². The van der Waals surface area contributed by atoms with Crippen molar-refractivity contribution < 1.29 is 19.4 Å². The van der Waals surface area contributed by atoms with Crippen LogP contribution in [0, 0.1) is 13.8 Å². The minimum atomic E-state index is -1.04. The normalized spacial score (nSPS) is 19.1. The number of aliphatic carboxylic acids is 1. The molecule has 1 atom stereocenters. The van der Waals surface area contributed by atoms with E-state index in [9.17, 15) is 9.59 Å². The monoisotopic (exact) mass is 281 g/mol. The van der Waals surface area contributed by atoms with Gasteiger partial charge in [-0.05, 0) is 20.8 Å². The highest BCUT2D eigenvalue weighted by molar-refractivity contribution is 5.96. The molecule has 0 spiro atoms. The van der Waals surface area contributed by atoms with Gasteiger partial charge in [-0.2, -0.15) is 5.10 Å². The Morgan fingerprint density at radius 3 is 2.70 bits per heavy atom. The summed E-state index contributed by atoms with van der Waals surface area (Å²) in [5.74, 6) is -1.21. The summed E-state index contributed by atoms with van der Waals surface area (Å²) in [6.07, 6.45) is -0.950. The number of aryl methyl sites for hydroxylation is 2. The Balaban J connectivity index is 2.23. The van der Waals surface area contributed by atoms with E-state index >= 15 is 0 Å². The minimum Gasteiger partial charge on any atom is -0.479 e. The number of carboxylic acids is 1. The number of nitrogens with zero attached hydrogens (tertiary/aromatic N) is 3. The highest BCUT2D eigenvalue weighted by Gasteiger charge is 2.31. The first kappa shape index (κ1) is 14.5. The number of morpholine rings is 1. The molecule has 0 bridgehead atoms. The fraction of sp³-hybridized carbons (Fsp3) is 0.615. The minimum absolute atomic E-state index is 0.0738. The van der Waals surface area contributed by atoms with Crippen LogP contribution in [-0.2, 0) is 16.1 Å².